The molecule has 0 bridgehead atoms. The third-order valence-corrected chi connectivity index (χ3v) is 2.13. The van der Waals surface area contributed by atoms with Crippen LogP contribution >= 0.6 is 0 Å². The predicted octanol–water partition coefficient (Wildman–Crippen LogP) is -0.582. The number of nitrogens with zero attached hydrogens (tertiary/aromatic N) is 1. The van der Waals surface area contributed by atoms with E-state index < -0.39 is 0 Å². The van der Waals surface area contributed by atoms with E-state index in [2.05, 4.69) is 10.5 Å². The maximum absolute atomic E-state index is 11.3. The van der Waals surface area contributed by atoms with Gasteiger partial charge >= 0.3 is 0 Å². The first-order valence-corrected chi connectivity index (χ1v) is 4.41. The van der Waals surface area contributed by atoms with Crippen LogP contribution in [0.15, 0.2) is 5.16 Å². The molecule has 0 aromatic heterocycles. The van der Waals surface area contributed by atoms with Gasteiger partial charge in [-0.1, -0.05) is 5.16 Å². The maximum atomic E-state index is 11.3. The van der Waals surface area contributed by atoms with Gasteiger partial charge in [0.25, 0.3) is 0 Å². The van der Waals surface area contributed by atoms with Crippen molar-refractivity contribution < 1.29 is 14.7 Å². The van der Waals surface area contributed by atoms with Crippen LogP contribution in [0, 0.1) is 0 Å². The minimum Gasteiger partial charge on any atom is -0.409 e. The number of oxime groups is 1. The van der Waals surface area contributed by atoms with E-state index in [4.69, 9.17) is 15.7 Å². The zero-order chi connectivity index (χ0) is 10.6. The largest absolute Gasteiger partial charge is 0.409 e. The number of carbonyl (C=O) groups excluding carboxylic acids is 1. The van der Waals surface area contributed by atoms with Crippen molar-refractivity contribution in [2.45, 2.75) is 25.3 Å². The molecule has 0 aromatic carbocycles. The van der Waals surface area contributed by atoms with Crippen molar-refractivity contribution in [3.8, 4) is 0 Å². The van der Waals surface area contributed by atoms with Gasteiger partial charge in [0.05, 0.1) is 18.6 Å². The highest BCUT2D eigenvalue weighted by atomic mass is 16.5. The predicted molar refractivity (Wildman–Crippen MR) is 50.0 cm³/mol. The van der Waals surface area contributed by atoms with Crippen LogP contribution in [-0.4, -0.2) is 35.7 Å². The molecule has 0 aromatic rings. The zero-order valence-corrected chi connectivity index (χ0v) is 8.12. The number of amides is 1. The molecule has 0 aliphatic carbocycles. The Hall–Kier alpha value is -1.30. The summed E-state index contributed by atoms with van der Waals surface area (Å²) in [6.45, 7) is 3.07. The summed E-state index contributed by atoms with van der Waals surface area (Å²) in [5.41, 5.74) is 4.89. The zero-order valence-electron chi connectivity index (χ0n) is 8.12. The van der Waals surface area contributed by atoms with Crippen molar-refractivity contribution in [1.82, 2.24) is 5.32 Å². The van der Waals surface area contributed by atoms with Crippen LogP contribution in [0.25, 0.3) is 0 Å². The molecule has 14 heavy (non-hydrogen) atoms. The average Bonchev–Trinajstić information content (AvgIpc) is 2.51. The van der Waals surface area contributed by atoms with Crippen molar-refractivity contribution in [3.63, 3.8) is 0 Å². The second kappa shape index (κ2) is 4.28. The minimum absolute atomic E-state index is 0.0912. The third-order valence-electron chi connectivity index (χ3n) is 2.13. The summed E-state index contributed by atoms with van der Waals surface area (Å²) in [4.78, 5) is 11.3. The number of nitrogens with one attached hydrogen (secondary N) is 1. The second-order valence-electron chi connectivity index (χ2n) is 3.68. The molecular weight excluding hydrogens is 186 g/mol. The van der Waals surface area contributed by atoms with Crippen LogP contribution < -0.4 is 11.1 Å². The molecule has 6 heteroatoms. The number of hydrogen-bond donors (Lipinski definition) is 3. The van der Waals surface area contributed by atoms with Gasteiger partial charge < -0.3 is 21.0 Å². The molecule has 0 saturated carbocycles. The minimum atomic E-state index is -0.313. The molecule has 1 amide bonds. The van der Waals surface area contributed by atoms with E-state index in [9.17, 15) is 4.79 Å². The summed E-state index contributed by atoms with van der Waals surface area (Å²) in [7, 11) is 0. The molecule has 1 unspecified atom stereocenters. The summed E-state index contributed by atoms with van der Waals surface area (Å²) in [5.74, 6) is -0.349. The van der Waals surface area contributed by atoms with Gasteiger partial charge in [0, 0.05) is 6.61 Å². The summed E-state index contributed by atoms with van der Waals surface area (Å²) in [5, 5.41) is 13.8. The third kappa shape index (κ3) is 2.88. The molecular formula is C8H15N3O3. The molecule has 1 fully saturated rings. The lowest BCUT2D eigenvalue weighted by Gasteiger charge is -2.23. The average molecular weight is 201 g/mol. The normalized spacial score (nSPS) is 27.6. The molecule has 80 valence electrons. The smallest absolute Gasteiger partial charge is 0.228 e. The van der Waals surface area contributed by atoms with Crippen molar-refractivity contribution in [2.24, 2.45) is 10.9 Å². The Bertz CT molecular complexity index is 246. The van der Waals surface area contributed by atoms with Crippen LogP contribution in [0.3, 0.4) is 0 Å². The van der Waals surface area contributed by atoms with E-state index in [1.165, 1.54) is 0 Å². The highest BCUT2D eigenvalue weighted by Gasteiger charge is 2.31. The Morgan fingerprint density at radius 2 is 2.50 bits per heavy atom. The fourth-order valence-corrected chi connectivity index (χ4v) is 1.35. The van der Waals surface area contributed by atoms with Gasteiger partial charge in [-0.05, 0) is 13.3 Å². The maximum Gasteiger partial charge on any atom is 0.228 e. The lowest BCUT2D eigenvalue weighted by Crippen LogP contribution is -2.47. The van der Waals surface area contributed by atoms with E-state index in [0.29, 0.717) is 13.2 Å². The number of ether oxygens (including phenoxy) is 1. The standard InChI is InChI=1S/C8H15N3O3/c1-8(2-3-14-5-8)10-7(12)4-6(9)11-13/h13H,2-5H2,1H3,(H2,9,11)(H,10,12). The summed E-state index contributed by atoms with van der Waals surface area (Å²) in [6, 6.07) is 0. The molecule has 1 aliphatic rings. The number of rotatable bonds is 3. The number of amidine groups is 1. The lowest BCUT2D eigenvalue weighted by atomic mass is 10.0. The van der Waals surface area contributed by atoms with E-state index in [0.717, 1.165) is 6.42 Å². The van der Waals surface area contributed by atoms with E-state index >= 15 is 0 Å². The summed E-state index contributed by atoms with van der Waals surface area (Å²) >= 11 is 0. The Balaban J connectivity index is 2.40. The summed E-state index contributed by atoms with van der Waals surface area (Å²) < 4.78 is 5.17. The van der Waals surface area contributed by atoms with Gasteiger partial charge in [-0.25, -0.2) is 0 Å². The van der Waals surface area contributed by atoms with Gasteiger partial charge in [0.15, 0.2) is 0 Å². The number of carbonyl (C=O) groups is 1. The monoisotopic (exact) mass is 201 g/mol. The van der Waals surface area contributed by atoms with Crippen molar-refractivity contribution in [3.05, 3.63) is 0 Å². The Morgan fingerprint density at radius 1 is 1.79 bits per heavy atom. The van der Waals surface area contributed by atoms with Crippen LogP contribution in [0.1, 0.15) is 19.8 Å². The van der Waals surface area contributed by atoms with E-state index in [-0.39, 0.29) is 23.7 Å². The topological polar surface area (TPSA) is 96.9 Å². The molecule has 1 saturated heterocycles. The van der Waals surface area contributed by atoms with E-state index in [1.807, 2.05) is 6.92 Å². The quantitative estimate of drug-likeness (QED) is 0.246. The van der Waals surface area contributed by atoms with Gasteiger partial charge in [-0.2, -0.15) is 0 Å². The van der Waals surface area contributed by atoms with Crippen molar-refractivity contribution in [1.29, 1.82) is 0 Å². The molecule has 1 heterocycles. The SMILES string of the molecule is CC1(NC(=O)CC(N)=NO)CCOC1. The van der Waals surface area contributed by atoms with Gasteiger partial charge in [0.2, 0.25) is 5.91 Å². The Labute approximate surface area is 82.1 Å². The van der Waals surface area contributed by atoms with E-state index in [1.54, 1.807) is 0 Å². The molecule has 1 rings (SSSR count). The van der Waals surface area contributed by atoms with Gasteiger partial charge in [0.1, 0.15) is 5.84 Å². The Morgan fingerprint density at radius 3 is 3.00 bits per heavy atom. The first-order chi connectivity index (χ1) is 6.56. The highest BCUT2D eigenvalue weighted by molar-refractivity contribution is 5.98. The Kier molecular flexibility index (Phi) is 3.29. The van der Waals surface area contributed by atoms with Crippen LogP contribution in [-0.2, 0) is 9.53 Å². The number of nitrogens with two attached hydrogens (primary N) is 1. The van der Waals surface area contributed by atoms with Crippen molar-refractivity contribution in [2.75, 3.05) is 13.2 Å². The molecule has 1 aliphatic heterocycles. The first kappa shape index (κ1) is 10.8. The second-order valence-corrected chi connectivity index (χ2v) is 3.68. The highest BCUT2D eigenvalue weighted by Crippen LogP contribution is 2.17. The van der Waals surface area contributed by atoms with Crippen molar-refractivity contribution >= 4 is 11.7 Å². The molecule has 0 spiro atoms. The summed E-state index contributed by atoms with van der Waals surface area (Å²) in [6.07, 6.45) is 0.695. The van der Waals surface area contributed by atoms with Gasteiger partial charge in [-0.3, -0.25) is 4.79 Å². The van der Waals surface area contributed by atoms with Gasteiger partial charge in [-0.15, -0.1) is 0 Å². The van der Waals surface area contributed by atoms with Crippen LogP contribution in [0.5, 0.6) is 0 Å². The molecule has 1 atom stereocenters. The first-order valence-electron chi connectivity index (χ1n) is 4.41. The molecule has 4 N–H and O–H groups in total. The molecule has 0 radical (unpaired) electrons. The van der Waals surface area contributed by atoms with Crippen LogP contribution in [0.4, 0.5) is 0 Å². The van der Waals surface area contributed by atoms with Crippen LogP contribution in [0.2, 0.25) is 0 Å². The lowest BCUT2D eigenvalue weighted by molar-refractivity contribution is -0.121. The number of hydrogen-bond acceptors (Lipinski definition) is 4. The molecule has 6 nitrogen and oxygen atoms in total. The fourth-order valence-electron chi connectivity index (χ4n) is 1.35. The fraction of sp³-hybridized carbons (Fsp3) is 0.750.